The molecule has 0 fully saturated rings. The van der Waals surface area contributed by atoms with Crippen molar-refractivity contribution in [3.8, 4) is 0 Å². The van der Waals surface area contributed by atoms with E-state index in [1.54, 1.807) is 26.0 Å². The smallest absolute Gasteiger partial charge is 0.244 e. The largest absolute Gasteiger partial charge is 0.348 e. The second-order valence-corrected chi connectivity index (χ2v) is 10.9. The molecule has 0 radical (unpaired) electrons. The van der Waals surface area contributed by atoms with Crippen LogP contribution in [-0.4, -0.2) is 41.3 Å². The van der Waals surface area contributed by atoms with E-state index in [0.29, 0.717) is 5.56 Å². The van der Waals surface area contributed by atoms with Crippen LogP contribution in [0.25, 0.3) is 0 Å². The zero-order valence-corrected chi connectivity index (χ0v) is 18.8. The van der Waals surface area contributed by atoms with Crippen LogP contribution < -0.4 is 9.62 Å². The first-order chi connectivity index (χ1) is 13.8. The molecule has 2 rings (SSSR count). The third kappa shape index (κ3) is 5.79. The number of sulfonamides is 1. The average molecular weight is 457 g/mol. The summed E-state index contributed by atoms with van der Waals surface area (Å²) in [5, 5.41) is 2.77. The number of carbonyl (C=O) groups excluding carboxylic acids is 1. The van der Waals surface area contributed by atoms with Gasteiger partial charge in [-0.3, -0.25) is 9.10 Å². The summed E-state index contributed by atoms with van der Waals surface area (Å²) in [6, 6.07) is 9.43. The van der Waals surface area contributed by atoms with Gasteiger partial charge in [0.1, 0.15) is 11.9 Å². The van der Waals surface area contributed by atoms with Gasteiger partial charge in [0.05, 0.1) is 22.9 Å². The predicted octanol–water partition coefficient (Wildman–Crippen LogP) is 2.65. The molecule has 7 nitrogen and oxygen atoms in total. The second-order valence-electron chi connectivity index (χ2n) is 7.03. The molecule has 0 bridgehead atoms. The van der Waals surface area contributed by atoms with Crippen molar-refractivity contribution >= 4 is 31.5 Å². The molecule has 0 aliphatic carbocycles. The number of nitrogens with zero attached hydrogens (tertiary/aromatic N) is 1. The topological polar surface area (TPSA) is 101 Å². The molecule has 0 saturated heterocycles. The van der Waals surface area contributed by atoms with Crippen molar-refractivity contribution in [1.29, 1.82) is 0 Å². The molecule has 0 aliphatic heterocycles. The molecule has 1 amide bonds. The summed E-state index contributed by atoms with van der Waals surface area (Å²) < 4.78 is 62.2. The average Bonchev–Trinajstić information content (AvgIpc) is 2.65. The summed E-state index contributed by atoms with van der Waals surface area (Å²) in [6.07, 6.45) is 2.28. The van der Waals surface area contributed by atoms with Gasteiger partial charge in [-0.2, -0.15) is 0 Å². The maximum atomic E-state index is 13.3. The third-order valence-corrected chi connectivity index (χ3v) is 6.89. The number of carbonyl (C=O) groups is 1. The van der Waals surface area contributed by atoms with Crippen molar-refractivity contribution in [3.05, 3.63) is 59.9 Å². The first-order valence-corrected chi connectivity index (χ1v) is 12.9. The van der Waals surface area contributed by atoms with Crippen molar-refractivity contribution in [3.63, 3.8) is 0 Å². The van der Waals surface area contributed by atoms with Crippen molar-refractivity contribution in [2.75, 3.05) is 16.8 Å². The molecule has 0 aromatic heterocycles. The van der Waals surface area contributed by atoms with E-state index in [-0.39, 0.29) is 17.0 Å². The number of hydrogen-bond acceptors (Lipinski definition) is 5. The molecule has 1 N–H and O–H groups in total. The molecule has 2 atom stereocenters. The van der Waals surface area contributed by atoms with Crippen LogP contribution in [0.5, 0.6) is 0 Å². The van der Waals surface area contributed by atoms with Crippen LogP contribution in [0.15, 0.2) is 53.4 Å². The molecule has 0 spiro atoms. The van der Waals surface area contributed by atoms with Crippen molar-refractivity contribution < 1.29 is 26.0 Å². The number of benzene rings is 2. The van der Waals surface area contributed by atoms with Gasteiger partial charge in [-0.15, -0.1) is 0 Å². The Balaban J connectivity index is 2.28. The minimum absolute atomic E-state index is 0.163. The van der Waals surface area contributed by atoms with Gasteiger partial charge in [0.15, 0.2) is 9.84 Å². The molecule has 2 aromatic carbocycles. The van der Waals surface area contributed by atoms with Crippen LogP contribution >= 0.6 is 0 Å². The Morgan fingerprint density at radius 1 is 1.00 bits per heavy atom. The fourth-order valence-electron chi connectivity index (χ4n) is 3.04. The molecular weight excluding hydrogens is 431 g/mol. The van der Waals surface area contributed by atoms with Gasteiger partial charge in [-0.1, -0.05) is 19.1 Å². The van der Waals surface area contributed by atoms with E-state index in [0.717, 1.165) is 28.9 Å². The summed E-state index contributed by atoms with van der Waals surface area (Å²) in [5.41, 5.74) is 0.851. The highest BCUT2D eigenvalue weighted by Gasteiger charge is 2.32. The molecule has 30 heavy (non-hydrogen) atoms. The first-order valence-electron chi connectivity index (χ1n) is 9.20. The Labute approximate surface area is 176 Å². The van der Waals surface area contributed by atoms with Gasteiger partial charge in [0.25, 0.3) is 0 Å². The SMILES string of the molecule is CCC(C(=O)NC(C)c1ccc(S(C)(=O)=O)cc1)N(c1ccc(F)cc1)S(C)(=O)=O. The maximum absolute atomic E-state index is 13.3. The Morgan fingerprint density at radius 2 is 1.53 bits per heavy atom. The van der Waals surface area contributed by atoms with Crippen molar-refractivity contribution in [2.45, 2.75) is 37.2 Å². The number of anilines is 1. The molecule has 0 aliphatic rings. The summed E-state index contributed by atoms with van der Waals surface area (Å²) in [4.78, 5) is 13.1. The van der Waals surface area contributed by atoms with Gasteiger partial charge < -0.3 is 5.32 Å². The summed E-state index contributed by atoms with van der Waals surface area (Å²) in [5.74, 6) is -1.04. The Hall–Kier alpha value is -2.46. The van der Waals surface area contributed by atoms with Crippen LogP contribution in [0, 0.1) is 5.82 Å². The molecule has 2 unspecified atom stereocenters. The van der Waals surface area contributed by atoms with Gasteiger partial charge in [-0.25, -0.2) is 21.2 Å². The number of hydrogen-bond donors (Lipinski definition) is 1. The zero-order valence-electron chi connectivity index (χ0n) is 17.2. The highest BCUT2D eigenvalue weighted by atomic mass is 32.2. The Kier molecular flexibility index (Phi) is 7.25. The summed E-state index contributed by atoms with van der Waals surface area (Å²) in [7, 11) is -7.16. The lowest BCUT2D eigenvalue weighted by molar-refractivity contribution is -0.122. The molecular formula is C20H25FN2O5S2. The highest BCUT2D eigenvalue weighted by Crippen LogP contribution is 2.24. The van der Waals surface area contributed by atoms with Gasteiger partial charge >= 0.3 is 0 Å². The fraction of sp³-hybridized carbons (Fsp3) is 0.350. The standard InChI is InChI=1S/C20H25FN2O5S2/c1-5-19(23(30(4,27)28)17-10-8-16(21)9-11-17)20(24)22-14(2)15-6-12-18(13-7-15)29(3,25)26/h6-14,19H,5H2,1-4H3,(H,22,24). The minimum atomic E-state index is -3.83. The molecule has 164 valence electrons. The maximum Gasteiger partial charge on any atom is 0.244 e. The Bertz CT molecular complexity index is 1100. The molecule has 10 heteroatoms. The minimum Gasteiger partial charge on any atom is -0.348 e. The van der Waals surface area contributed by atoms with Gasteiger partial charge in [0, 0.05) is 6.26 Å². The number of sulfone groups is 1. The second kappa shape index (κ2) is 9.13. The van der Waals surface area contributed by atoms with E-state index in [4.69, 9.17) is 0 Å². The number of nitrogens with one attached hydrogen (secondary N) is 1. The van der Waals surface area contributed by atoms with Crippen LogP contribution in [0.3, 0.4) is 0 Å². The molecule has 0 saturated carbocycles. The van der Waals surface area contributed by atoms with E-state index in [2.05, 4.69) is 5.32 Å². The highest BCUT2D eigenvalue weighted by molar-refractivity contribution is 7.92. The Morgan fingerprint density at radius 3 is 1.97 bits per heavy atom. The molecule has 0 heterocycles. The van der Waals surface area contributed by atoms with Crippen LogP contribution in [0.1, 0.15) is 31.9 Å². The lowest BCUT2D eigenvalue weighted by Crippen LogP contribution is -2.49. The number of rotatable bonds is 8. The van der Waals surface area contributed by atoms with Gasteiger partial charge in [-0.05, 0) is 55.3 Å². The van der Waals surface area contributed by atoms with E-state index in [1.165, 1.54) is 24.3 Å². The van der Waals surface area contributed by atoms with E-state index in [9.17, 15) is 26.0 Å². The lowest BCUT2D eigenvalue weighted by Gasteiger charge is -2.31. The number of amides is 1. The van der Waals surface area contributed by atoms with Gasteiger partial charge in [0.2, 0.25) is 15.9 Å². The van der Waals surface area contributed by atoms with Crippen LogP contribution in [0.2, 0.25) is 0 Å². The quantitative estimate of drug-likeness (QED) is 0.658. The normalized spacial score (nSPS) is 14.0. The van der Waals surface area contributed by atoms with Crippen molar-refractivity contribution in [2.24, 2.45) is 0 Å². The van der Waals surface area contributed by atoms with Crippen LogP contribution in [0.4, 0.5) is 10.1 Å². The fourth-order valence-corrected chi connectivity index (χ4v) is 4.89. The third-order valence-electron chi connectivity index (χ3n) is 4.58. The monoisotopic (exact) mass is 456 g/mol. The lowest BCUT2D eigenvalue weighted by atomic mass is 10.1. The zero-order chi connectivity index (χ0) is 22.7. The van der Waals surface area contributed by atoms with E-state index in [1.807, 2.05) is 0 Å². The predicted molar refractivity (Wildman–Crippen MR) is 114 cm³/mol. The summed E-state index contributed by atoms with van der Waals surface area (Å²) >= 11 is 0. The molecule has 2 aromatic rings. The first kappa shape index (κ1) is 23.8. The van der Waals surface area contributed by atoms with E-state index >= 15 is 0 Å². The number of halogens is 1. The summed E-state index contributed by atoms with van der Waals surface area (Å²) in [6.45, 7) is 3.39. The van der Waals surface area contributed by atoms with Crippen molar-refractivity contribution in [1.82, 2.24) is 5.32 Å². The van der Waals surface area contributed by atoms with E-state index < -0.39 is 43.7 Å². The van der Waals surface area contributed by atoms with Crippen LogP contribution in [-0.2, 0) is 24.7 Å².